The minimum absolute atomic E-state index is 0.0462. The fraction of sp³-hybridized carbons (Fsp3) is 0.792. The molecule has 59 heavy (non-hydrogen) atoms. The first-order valence-electron chi connectivity index (χ1n) is 23.5. The summed E-state index contributed by atoms with van der Waals surface area (Å²) in [5.74, 6) is -0.910. The summed E-state index contributed by atoms with van der Waals surface area (Å²) in [5.41, 5.74) is 0. The minimum atomic E-state index is -4.65. The van der Waals surface area contributed by atoms with Crippen LogP contribution in [0.2, 0.25) is 0 Å². The van der Waals surface area contributed by atoms with Crippen LogP contribution in [-0.4, -0.2) is 81.7 Å². The number of hydrogen-bond donors (Lipinski definition) is 1. The van der Waals surface area contributed by atoms with Gasteiger partial charge in [-0.2, -0.15) is 0 Å². The van der Waals surface area contributed by atoms with Gasteiger partial charge in [0, 0.05) is 19.4 Å². The van der Waals surface area contributed by atoms with Crippen LogP contribution < -0.4 is 4.89 Å². The van der Waals surface area contributed by atoms with Gasteiger partial charge in [-0.15, -0.1) is 0 Å². The summed E-state index contributed by atoms with van der Waals surface area (Å²) in [4.78, 5) is 37.6. The fourth-order valence-corrected chi connectivity index (χ4v) is 6.94. The highest BCUT2D eigenvalue weighted by Crippen LogP contribution is 2.38. The molecule has 2 atom stereocenters. The zero-order valence-electron chi connectivity index (χ0n) is 38.1. The lowest BCUT2D eigenvalue weighted by Gasteiger charge is -2.28. The molecule has 0 rings (SSSR count). The Balaban J connectivity index is 4.39. The second-order valence-electron chi connectivity index (χ2n) is 16.8. The Morgan fingerprint density at radius 2 is 1.02 bits per heavy atom. The lowest BCUT2D eigenvalue weighted by atomic mass is 10.0. The standard InChI is InChI=1S/C48H88NO9P/c1-5-6-7-8-9-10-11-12-13-15-18-21-24-27-30-33-36-39-47(51)55-44-46(45-57-59(53,54)56-43-41-49(2,3)4)58-48(52)40-37-34-31-28-25-22-19-16-14-17-20-23-26-29-32-35-38-42-50/h14,17,19,22-23,26,28,31,46,50H,5-13,15-16,18,20-21,24-25,27,29-30,32-45H2,1-4H3/b17-14-,22-19-,26-23-,31-28-/t46-/m1/s1. The molecule has 0 aliphatic heterocycles. The van der Waals surface area contributed by atoms with Crippen molar-refractivity contribution >= 4 is 19.8 Å². The van der Waals surface area contributed by atoms with E-state index in [2.05, 4.69) is 49.5 Å². The fourth-order valence-electron chi connectivity index (χ4n) is 6.22. The predicted octanol–water partition coefficient (Wildman–Crippen LogP) is 11.8. The molecule has 0 fully saturated rings. The van der Waals surface area contributed by atoms with Crippen LogP contribution in [0.3, 0.4) is 0 Å². The molecular weight excluding hydrogens is 765 g/mol. The molecule has 0 radical (unpaired) electrons. The highest BCUT2D eigenvalue weighted by atomic mass is 31.2. The number of quaternary nitrogens is 1. The molecule has 1 unspecified atom stereocenters. The van der Waals surface area contributed by atoms with Crippen LogP contribution in [0.1, 0.15) is 187 Å². The van der Waals surface area contributed by atoms with E-state index in [0.29, 0.717) is 23.9 Å². The third kappa shape index (κ3) is 45.3. The number of unbranched alkanes of at least 4 members (excludes halogenated alkanes) is 20. The first kappa shape index (κ1) is 56.9. The van der Waals surface area contributed by atoms with Gasteiger partial charge in [0.1, 0.15) is 19.8 Å². The number of esters is 2. The maximum atomic E-state index is 12.7. The van der Waals surface area contributed by atoms with Crippen molar-refractivity contribution < 1.29 is 47.2 Å². The van der Waals surface area contributed by atoms with E-state index in [1.165, 1.54) is 89.9 Å². The van der Waals surface area contributed by atoms with Crippen LogP contribution in [0.25, 0.3) is 0 Å². The summed E-state index contributed by atoms with van der Waals surface area (Å²) in [6.07, 6.45) is 45.9. The van der Waals surface area contributed by atoms with Crippen molar-refractivity contribution in [2.24, 2.45) is 0 Å². The number of phosphoric ester groups is 1. The molecule has 0 saturated heterocycles. The highest BCUT2D eigenvalue weighted by molar-refractivity contribution is 7.45. The minimum Gasteiger partial charge on any atom is -0.756 e. The SMILES string of the molecule is CCCCCCCCCCCCCCCCCCCC(=O)OC[C@H](COP(=O)([O-])OCC[N+](C)(C)C)OC(=O)CCC/C=C\C/C=C\C/C=C\C/C=C\CCCCCO. The summed E-state index contributed by atoms with van der Waals surface area (Å²) in [6, 6.07) is 0. The molecule has 10 nitrogen and oxygen atoms in total. The van der Waals surface area contributed by atoms with E-state index in [9.17, 15) is 19.0 Å². The van der Waals surface area contributed by atoms with Crippen molar-refractivity contribution in [1.29, 1.82) is 0 Å². The van der Waals surface area contributed by atoms with Gasteiger partial charge >= 0.3 is 11.9 Å². The number of likely N-dealkylation sites (N-methyl/N-ethyl adjacent to an activating group) is 1. The van der Waals surface area contributed by atoms with Gasteiger partial charge in [-0.25, -0.2) is 0 Å². The van der Waals surface area contributed by atoms with E-state index in [0.717, 1.165) is 64.2 Å². The van der Waals surface area contributed by atoms with E-state index in [1.807, 2.05) is 27.2 Å². The van der Waals surface area contributed by atoms with E-state index in [4.69, 9.17) is 23.6 Å². The Morgan fingerprint density at radius 3 is 1.51 bits per heavy atom. The van der Waals surface area contributed by atoms with Gasteiger partial charge in [0.05, 0.1) is 27.7 Å². The number of nitrogens with zero attached hydrogens (tertiary/aromatic N) is 1. The molecule has 0 bridgehead atoms. The molecule has 0 heterocycles. The van der Waals surface area contributed by atoms with Gasteiger partial charge in [0.15, 0.2) is 6.10 Å². The normalized spacial score (nSPS) is 13.9. The molecule has 1 N–H and O–H groups in total. The number of phosphoric acid groups is 1. The average molecular weight is 854 g/mol. The quantitative estimate of drug-likeness (QED) is 0.0209. The third-order valence-corrected chi connectivity index (χ3v) is 10.9. The third-order valence-electron chi connectivity index (χ3n) is 9.91. The second-order valence-corrected chi connectivity index (χ2v) is 18.3. The molecule has 0 aliphatic rings. The number of carbonyl (C=O) groups is 2. The van der Waals surface area contributed by atoms with Crippen LogP contribution in [0.5, 0.6) is 0 Å². The first-order chi connectivity index (χ1) is 28.5. The second kappa shape index (κ2) is 41.3. The van der Waals surface area contributed by atoms with E-state index >= 15 is 0 Å². The number of rotatable bonds is 43. The van der Waals surface area contributed by atoms with Crippen molar-refractivity contribution in [3.63, 3.8) is 0 Å². The van der Waals surface area contributed by atoms with Crippen molar-refractivity contribution in [3.8, 4) is 0 Å². The molecule has 0 aromatic rings. The first-order valence-corrected chi connectivity index (χ1v) is 24.9. The Bertz CT molecular complexity index is 1150. The van der Waals surface area contributed by atoms with Crippen LogP contribution in [-0.2, 0) is 32.7 Å². The smallest absolute Gasteiger partial charge is 0.306 e. The highest BCUT2D eigenvalue weighted by Gasteiger charge is 2.21. The van der Waals surface area contributed by atoms with Gasteiger partial charge in [-0.1, -0.05) is 165 Å². The monoisotopic (exact) mass is 854 g/mol. The summed E-state index contributed by atoms with van der Waals surface area (Å²) in [6.45, 7) is 2.18. The summed E-state index contributed by atoms with van der Waals surface area (Å²) < 4.78 is 33.9. The van der Waals surface area contributed by atoms with Gasteiger partial charge in [0.25, 0.3) is 7.82 Å². The number of aliphatic hydroxyl groups is 1. The molecule has 0 spiro atoms. The van der Waals surface area contributed by atoms with Crippen LogP contribution in [0, 0.1) is 0 Å². The van der Waals surface area contributed by atoms with E-state index in [1.54, 1.807) is 0 Å². The van der Waals surface area contributed by atoms with Crippen molar-refractivity contribution in [1.82, 2.24) is 0 Å². The maximum Gasteiger partial charge on any atom is 0.306 e. The molecule has 11 heteroatoms. The van der Waals surface area contributed by atoms with Crippen LogP contribution >= 0.6 is 7.82 Å². The largest absolute Gasteiger partial charge is 0.756 e. The molecule has 0 aromatic heterocycles. The maximum absolute atomic E-state index is 12.7. The number of allylic oxidation sites excluding steroid dienone is 8. The van der Waals surface area contributed by atoms with Gasteiger partial charge in [-0.05, 0) is 57.8 Å². The summed E-state index contributed by atoms with van der Waals surface area (Å²) in [7, 11) is 1.11. The molecule has 344 valence electrons. The molecule has 0 amide bonds. The molecule has 0 aromatic carbocycles. The number of hydrogen-bond acceptors (Lipinski definition) is 9. The van der Waals surface area contributed by atoms with Crippen LogP contribution in [0.15, 0.2) is 48.6 Å². The van der Waals surface area contributed by atoms with E-state index < -0.39 is 32.5 Å². The van der Waals surface area contributed by atoms with Crippen molar-refractivity contribution in [2.45, 2.75) is 193 Å². The summed E-state index contributed by atoms with van der Waals surface area (Å²) >= 11 is 0. The van der Waals surface area contributed by atoms with Crippen molar-refractivity contribution in [2.75, 3.05) is 54.1 Å². The summed E-state index contributed by atoms with van der Waals surface area (Å²) in [5, 5.41) is 8.80. The number of carbonyl (C=O) groups excluding carboxylic acids is 2. The van der Waals surface area contributed by atoms with Gasteiger partial charge in [0.2, 0.25) is 0 Å². The number of aliphatic hydroxyl groups excluding tert-OH is 1. The van der Waals surface area contributed by atoms with Gasteiger partial charge in [-0.3, -0.25) is 14.2 Å². The predicted molar refractivity (Wildman–Crippen MR) is 242 cm³/mol. The average Bonchev–Trinajstić information content (AvgIpc) is 3.19. The lowest BCUT2D eigenvalue weighted by molar-refractivity contribution is -0.870. The Kier molecular flexibility index (Phi) is 39.8. The van der Waals surface area contributed by atoms with Gasteiger partial charge < -0.3 is 33.0 Å². The topological polar surface area (TPSA) is 131 Å². The Labute approximate surface area is 361 Å². The molecule has 0 aliphatic carbocycles. The Morgan fingerprint density at radius 1 is 0.576 bits per heavy atom. The Hall–Kier alpha value is -2.07. The van der Waals surface area contributed by atoms with Crippen LogP contribution in [0.4, 0.5) is 0 Å². The van der Waals surface area contributed by atoms with E-state index in [-0.39, 0.29) is 32.7 Å². The molecule has 0 saturated carbocycles. The number of ether oxygens (including phenoxy) is 2. The molecular formula is C48H88NO9P. The zero-order chi connectivity index (χ0) is 43.6. The van der Waals surface area contributed by atoms with Crippen molar-refractivity contribution in [3.05, 3.63) is 48.6 Å². The zero-order valence-corrected chi connectivity index (χ0v) is 39.0. The lowest BCUT2D eigenvalue weighted by Crippen LogP contribution is -2.37.